The van der Waals surface area contributed by atoms with E-state index >= 15 is 0 Å². The molecule has 0 N–H and O–H groups in total. The van der Waals surface area contributed by atoms with Crippen LogP contribution in [0.3, 0.4) is 0 Å². The van der Waals surface area contributed by atoms with Crippen molar-refractivity contribution >= 4 is 34.8 Å². The van der Waals surface area contributed by atoms with Crippen molar-refractivity contribution in [2.45, 2.75) is 13.8 Å². The molecule has 1 aromatic heterocycles. The number of nitrogens with zero attached hydrogens (tertiary/aromatic N) is 3. The van der Waals surface area contributed by atoms with Crippen molar-refractivity contribution in [3.8, 4) is 5.75 Å². The van der Waals surface area contributed by atoms with Crippen LogP contribution in [0.1, 0.15) is 28.4 Å². The van der Waals surface area contributed by atoms with Crippen molar-refractivity contribution in [1.29, 1.82) is 0 Å². The van der Waals surface area contributed by atoms with Gasteiger partial charge in [-0.2, -0.15) is 0 Å². The monoisotopic (exact) mass is 425 g/mol. The highest BCUT2D eigenvalue weighted by Crippen LogP contribution is 2.34. The molecule has 0 bridgehead atoms. The minimum atomic E-state index is 0. The first-order valence-corrected chi connectivity index (χ1v) is 10.2. The molecule has 0 saturated carbocycles. The zero-order valence-electron chi connectivity index (χ0n) is 17.7. The number of likely N-dealkylation sites (N-methyl/N-ethyl adjacent to an activating group) is 1. The summed E-state index contributed by atoms with van der Waals surface area (Å²) in [6.07, 6.45) is 1.73. The van der Waals surface area contributed by atoms with Crippen molar-refractivity contribution < 1.29 is 9.53 Å². The van der Waals surface area contributed by atoms with E-state index in [0.717, 1.165) is 54.1 Å². The third-order valence-corrected chi connectivity index (χ3v) is 5.50. The van der Waals surface area contributed by atoms with Gasteiger partial charge < -0.3 is 14.5 Å². The number of ether oxygens (including phenoxy) is 1. The van der Waals surface area contributed by atoms with Crippen molar-refractivity contribution in [3.63, 3.8) is 0 Å². The van der Waals surface area contributed by atoms with Gasteiger partial charge in [-0.25, -0.2) is 0 Å². The third-order valence-electron chi connectivity index (χ3n) is 5.50. The molecule has 0 atom stereocenters. The first-order chi connectivity index (χ1) is 14.1. The van der Waals surface area contributed by atoms with Gasteiger partial charge in [0.05, 0.1) is 23.4 Å². The largest absolute Gasteiger partial charge is 0.494 e. The van der Waals surface area contributed by atoms with E-state index in [9.17, 15) is 4.79 Å². The lowest BCUT2D eigenvalue weighted by atomic mass is 9.98. The number of fused-ring (bicyclic) bond motifs is 1. The van der Waals surface area contributed by atoms with Crippen molar-refractivity contribution in [1.82, 2.24) is 9.88 Å². The van der Waals surface area contributed by atoms with E-state index in [2.05, 4.69) is 21.8 Å². The Morgan fingerprint density at radius 1 is 1.07 bits per heavy atom. The summed E-state index contributed by atoms with van der Waals surface area (Å²) in [5, 5.41) is 0.971. The minimum Gasteiger partial charge on any atom is -0.494 e. The Morgan fingerprint density at radius 2 is 1.77 bits per heavy atom. The molecule has 0 spiro atoms. The van der Waals surface area contributed by atoms with Crippen LogP contribution >= 0.6 is 12.4 Å². The predicted octanol–water partition coefficient (Wildman–Crippen LogP) is 4.35. The Hall–Kier alpha value is -2.63. The van der Waals surface area contributed by atoms with Crippen molar-refractivity contribution in [3.05, 3.63) is 65.4 Å². The molecule has 0 radical (unpaired) electrons. The first-order valence-electron chi connectivity index (χ1n) is 10.2. The summed E-state index contributed by atoms with van der Waals surface area (Å²) in [4.78, 5) is 22.7. The van der Waals surface area contributed by atoms with E-state index in [1.807, 2.05) is 56.3 Å². The maximum absolute atomic E-state index is 13.4. The summed E-state index contributed by atoms with van der Waals surface area (Å²) in [7, 11) is 2.13. The Balaban J connectivity index is 0.00000256. The average molecular weight is 426 g/mol. The number of anilines is 1. The lowest BCUT2D eigenvalue weighted by Crippen LogP contribution is -2.45. The van der Waals surface area contributed by atoms with Gasteiger partial charge in [-0.15, -0.1) is 12.4 Å². The lowest BCUT2D eigenvalue weighted by molar-refractivity contribution is 0.103. The number of carbonyl (C=O) groups is 1. The molecule has 30 heavy (non-hydrogen) atoms. The van der Waals surface area contributed by atoms with Crippen LogP contribution in [-0.4, -0.2) is 55.5 Å². The molecule has 1 saturated heterocycles. The normalized spacial score (nSPS) is 14.4. The highest BCUT2D eigenvalue weighted by atomic mass is 35.5. The van der Waals surface area contributed by atoms with Crippen LogP contribution in [0, 0.1) is 6.92 Å². The Bertz CT molecular complexity index is 1030. The summed E-state index contributed by atoms with van der Waals surface area (Å²) in [5.41, 5.74) is 4.32. The fourth-order valence-electron chi connectivity index (χ4n) is 3.81. The zero-order chi connectivity index (χ0) is 20.4. The van der Waals surface area contributed by atoms with Gasteiger partial charge in [-0.05, 0) is 39.1 Å². The number of benzene rings is 2. The van der Waals surface area contributed by atoms with E-state index in [4.69, 9.17) is 4.74 Å². The number of carbonyl (C=O) groups excluding carboxylic acids is 1. The number of piperazine rings is 1. The number of pyridine rings is 1. The average Bonchev–Trinajstić information content (AvgIpc) is 2.74. The number of ketones is 1. The van der Waals surface area contributed by atoms with E-state index < -0.39 is 0 Å². The molecule has 3 aromatic rings. The van der Waals surface area contributed by atoms with Gasteiger partial charge in [0.25, 0.3) is 0 Å². The van der Waals surface area contributed by atoms with E-state index in [0.29, 0.717) is 17.7 Å². The first kappa shape index (κ1) is 22.1. The summed E-state index contributed by atoms with van der Waals surface area (Å²) in [5.74, 6) is 0.812. The van der Waals surface area contributed by atoms with Crippen LogP contribution in [0.4, 0.5) is 5.69 Å². The third kappa shape index (κ3) is 4.42. The Labute approximate surface area is 184 Å². The highest BCUT2D eigenvalue weighted by molar-refractivity contribution is 6.16. The molecule has 5 nitrogen and oxygen atoms in total. The van der Waals surface area contributed by atoms with Crippen LogP contribution in [0.15, 0.2) is 48.7 Å². The molecule has 2 aromatic carbocycles. The SMILES string of the molecule is CCOc1ccc2ncc(C(=O)c3ccc(C)cc3)c(N3CCN(C)CC3)c2c1.Cl. The van der Waals surface area contributed by atoms with Gasteiger partial charge in [0.15, 0.2) is 5.78 Å². The Kier molecular flexibility index (Phi) is 6.95. The summed E-state index contributed by atoms with van der Waals surface area (Å²) >= 11 is 0. The molecule has 4 rings (SSSR count). The van der Waals surface area contributed by atoms with Gasteiger partial charge in [-0.3, -0.25) is 9.78 Å². The summed E-state index contributed by atoms with van der Waals surface area (Å²) < 4.78 is 5.73. The molecule has 2 heterocycles. The van der Waals surface area contributed by atoms with E-state index in [1.54, 1.807) is 6.20 Å². The van der Waals surface area contributed by atoms with Crippen LogP contribution in [0.5, 0.6) is 5.75 Å². The number of hydrogen-bond donors (Lipinski definition) is 0. The fraction of sp³-hybridized carbons (Fsp3) is 0.333. The van der Waals surface area contributed by atoms with Crippen LogP contribution in [0.2, 0.25) is 0 Å². The number of aromatic nitrogens is 1. The van der Waals surface area contributed by atoms with Gasteiger partial charge in [0, 0.05) is 43.3 Å². The molecule has 1 fully saturated rings. The molecule has 6 heteroatoms. The zero-order valence-corrected chi connectivity index (χ0v) is 18.5. The van der Waals surface area contributed by atoms with Crippen LogP contribution in [0.25, 0.3) is 10.9 Å². The summed E-state index contributed by atoms with van der Waals surface area (Å²) in [6, 6.07) is 13.7. The van der Waals surface area contributed by atoms with Gasteiger partial charge in [0.1, 0.15) is 5.75 Å². The maximum atomic E-state index is 13.4. The Morgan fingerprint density at radius 3 is 2.43 bits per heavy atom. The van der Waals surface area contributed by atoms with Crippen LogP contribution in [-0.2, 0) is 0 Å². The van der Waals surface area contributed by atoms with Crippen LogP contribution < -0.4 is 9.64 Å². The molecule has 0 aliphatic carbocycles. The summed E-state index contributed by atoms with van der Waals surface area (Å²) in [6.45, 7) is 8.29. The second-order valence-corrected chi connectivity index (χ2v) is 7.62. The van der Waals surface area contributed by atoms with E-state index in [1.165, 1.54) is 0 Å². The van der Waals surface area contributed by atoms with Gasteiger partial charge in [0.2, 0.25) is 0 Å². The second-order valence-electron chi connectivity index (χ2n) is 7.62. The second kappa shape index (κ2) is 9.45. The molecule has 1 aliphatic rings. The predicted molar refractivity (Wildman–Crippen MR) is 124 cm³/mol. The number of hydrogen-bond acceptors (Lipinski definition) is 5. The molecular formula is C24H28ClN3O2. The topological polar surface area (TPSA) is 45.7 Å². The minimum absolute atomic E-state index is 0. The molecule has 1 aliphatic heterocycles. The molecule has 0 amide bonds. The standard InChI is InChI=1S/C24H27N3O2.ClH/c1-4-29-19-9-10-22-20(15-19)23(27-13-11-26(3)12-14-27)21(16-25-22)24(28)18-7-5-17(2)6-8-18;/h5-10,15-16H,4,11-14H2,1-3H3;1H. The van der Waals surface area contributed by atoms with Gasteiger partial charge in [-0.1, -0.05) is 29.8 Å². The maximum Gasteiger partial charge on any atom is 0.196 e. The smallest absolute Gasteiger partial charge is 0.196 e. The molecule has 0 unspecified atom stereocenters. The number of halogens is 1. The number of rotatable bonds is 5. The van der Waals surface area contributed by atoms with E-state index in [-0.39, 0.29) is 18.2 Å². The molecule has 158 valence electrons. The molecular weight excluding hydrogens is 398 g/mol. The fourth-order valence-corrected chi connectivity index (χ4v) is 3.81. The number of aryl methyl sites for hydroxylation is 1. The van der Waals surface area contributed by atoms with Crippen molar-refractivity contribution in [2.24, 2.45) is 0 Å². The quantitative estimate of drug-likeness (QED) is 0.569. The van der Waals surface area contributed by atoms with Gasteiger partial charge >= 0.3 is 0 Å². The highest BCUT2D eigenvalue weighted by Gasteiger charge is 2.24. The van der Waals surface area contributed by atoms with Crippen molar-refractivity contribution in [2.75, 3.05) is 44.7 Å². The lowest BCUT2D eigenvalue weighted by Gasteiger charge is -2.35.